The van der Waals surface area contributed by atoms with Crippen molar-refractivity contribution in [3.63, 3.8) is 0 Å². The molecule has 1 saturated heterocycles. The van der Waals surface area contributed by atoms with E-state index >= 15 is 0 Å². The van der Waals surface area contributed by atoms with Gasteiger partial charge in [0.05, 0.1) is 5.02 Å². The molecule has 1 aromatic carbocycles. The van der Waals surface area contributed by atoms with Gasteiger partial charge in [-0.25, -0.2) is 4.39 Å². The Balaban J connectivity index is 2.36. The Morgan fingerprint density at radius 3 is 2.82 bits per heavy atom. The van der Waals surface area contributed by atoms with E-state index in [9.17, 15) is 4.39 Å². The zero-order valence-electron chi connectivity index (χ0n) is 5.77. The molecule has 1 aliphatic rings. The summed E-state index contributed by atoms with van der Waals surface area (Å²) in [4.78, 5) is 0. The molecule has 2 rings (SSSR count). The minimum Gasteiger partial charge on any atom is -0.307 e. The van der Waals surface area contributed by atoms with Crippen LogP contribution in [0.1, 0.15) is 11.6 Å². The van der Waals surface area contributed by atoms with Gasteiger partial charge in [0.1, 0.15) is 5.82 Å². The fourth-order valence-electron chi connectivity index (χ4n) is 1.02. The fourth-order valence-corrected chi connectivity index (χ4v) is 1.14. The molecule has 1 nitrogen and oxygen atoms in total. The second-order valence-corrected chi connectivity index (χ2v) is 3.04. The highest BCUT2D eigenvalue weighted by Crippen LogP contribution is 2.24. The Labute approximate surface area is 69.2 Å². The molecule has 0 radical (unpaired) electrons. The minimum absolute atomic E-state index is 0.189. The van der Waals surface area contributed by atoms with E-state index in [0.717, 1.165) is 12.1 Å². The fraction of sp³-hybridized carbons (Fsp3) is 0.250. The first-order valence-electron chi connectivity index (χ1n) is 3.46. The van der Waals surface area contributed by atoms with Crippen molar-refractivity contribution in [3.8, 4) is 0 Å². The molecule has 0 aliphatic carbocycles. The summed E-state index contributed by atoms with van der Waals surface area (Å²) in [5.41, 5.74) is 0.979. The molecule has 1 heterocycles. The van der Waals surface area contributed by atoms with Gasteiger partial charge in [-0.1, -0.05) is 17.7 Å². The number of benzene rings is 1. The van der Waals surface area contributed by atoms with E-state index < -0.39 is 0 Å². The topological polar surface area (TPSA) is 21.9 Å². The van der Waals surface area contributed by atoms with Crippen LogP contribution in [0.5, 0.6) is 0 Å². The van der Waals surface area contributed by atoms with E-state index in [4.69, 9.17) is 11.6 Å². The van der Waals surface area contributed by atoms with Gasteiger partial charge in [-0.15, -0.1) is 0 Å². The van der Waals surface area contributed by atoms with Crippen LogP contribution in [0.3, 0.4) is 0 Å². The Hall–Kier alpha value is -0.600. The Morgan fingerprint density at radius 2 is 2.27 bits per heavy atom. The summed E-state index contributed by atoms with van der Waals surface area (Å²) in [5.74, 6) is -0.335. The number of rotatable bonds is 1. The van der Waals surface area contributed by atoms with Crippen molar-refractivity contribution in [3.05, 3.63) is 34.6 Å². The highest BCUT2D eigenvalue weighted by atomic mass is 35.5. The molecule has 1 aliphatic heterocycles. The third kappa shape index (κ3) is 1.37. The summed E-state index contributed by atoms with van der Waals surface area (Å²) in [6.07, 6.45) is 0. The quantitative estimate of drug-likeness (QED) is 0.643. The van der Waals surface area contributed by atoms with Gasteiger partial charge in [0.15, 0.2) is 0 Å². The second-order valence-electron chi connectivity index (χ2n) is 2.63. The average Bonchev–Trinajstić information content (AvgIpc) is 2.77. The van der Waals surface area contributed by atoms with E-state index in [0.29, 0.717) is 6.04 Å². The number of hydrogen-bond acceptors (Lipinski definition) is 1. The summed E-state index contributed by atoms with van der Waals surface area (Å²) in [6, 6.07) is 5.26. The molecule has 0 spiro atoms. The van der Waals surface area contributed by atoms with Crippen LogP contribution in [0, 0.1) is 5.82 Å². The van der Waals surface area contributed by atoms with Crippen LogP contribution < -0.4 is 5.32 Å². The first kappa shape index (κ1) is 7.07. The van der Waals surface area contributed by atoms with Crippen LogP contribution >= 0.6 is 11.6 Å². The van der Waals surface area contributed by atoms with E-state index in [-0.39, 0.29) is 10.8 Å². The van der Waals surface area contributed by atoms with Crippen molar-refractivity contribution in [1.82, 2.24) is 5.32 Å². The molecular weight excluding hydrogens is 165 g/mol. The van der Waals surface area contributed by atoms with Gasteiger partial charge in [0.2, 0.25) is 0 Å². The van der Waals surface area contributed by atoms with Crippen molar-refractivity contribution >= 4 is 11.6 Å². The summed E-state index contributed by atoms with van der Waals surface area (Å²) in [5, 5.41) is 3.28. The molecule has 0 amide bonds. The molecule has 1 atom stereocenters. The molecule has 1 fully saturated rings. The van der Waals surface area contributed by atoms with Crippen molar-refractivity contribution < 1.29 is 4.39 Å². The first-order valence-corrected chi connectivity index (χ1v) is 3.83. The Kier molecular flexibility index (Phi) is 1.59. The van der Waals surface area contributed by atoms with Crippen molar-refractivity contribution in [2.24, 2.45) is 0 Å². The number of nitrogens with one attached hydrogen (secondary N) is 1. The molecule has 0 saturated carbocycles. The summed E-state index contributed by atoms with van der Waals surface area (Å²) >= 11 is 5.51. The van der Waals surface area contributed by atoms with E-state index in [1.807, 2.05) is 6.07 Å². The minimum atomic E-state index is -0.335. The average molecular weight is 172 g/mol. The lowest BCUT2D eigenvalue weighted by atomic mass is 10.1. The molecule has 1 aromatic rings. The zero-order valence-corrected chi connectivity index (χ0v) is 6.53. The standard InChI is InChI=1S/C8H7ClFN/c9-6-2-1-5(3-7(6)10)8-4-11-8/h1-3,8,11H,4H2/t8-/m1/s1. The Morgan fingerprint density at radius 1 is 1.55 bits per heavy atom. The third-order valence-electron chi connectivity index (χ3n) is 1.75. The van der Waals surface area contributed by atoms with Gasteiger partial charge in [0, 0.05) is 12.6 Å². The van der Waals surface area contributed by atoms with Crippen molar-refractivity contribution in [2.75, 3.05) is 6.54 Å². The van der Waals surface area contributed by atoms with Crippen molar-refractivity contribution in [2.45, 2.75) is 6.04 Å². The molecule has 3 heteroatoms. The molecule has 58 valence electrons. The smallest absolute Gasteiger partial charge is 0.142 e. The maximum atomic E-state index is 12.8. The lowest BCUT2D eigenvalue weighted by Gasteiger charge is -1.97. The van der Waals surface area contributed by atoms with Gasteiger partial charge >= 0.3 is 0 Å². The van der Waals surface area contributed by atoms with Crippen LogP contribution in [-0.4, -0.2) is 6.54 Å². The second kappa shape index (κ2) is 2.47. The highest BCUT2D eigenvalue weighted by molar-refractivity contribution is 6.30. The Bertz CT molecular complexity index is 283. The summed E-state index contributed by atoms with van der Waals surface area (Å²) < 4.78 is 12.8. The van der Waals surface area contributed by atoms with Crippen LogP contribution in [0.4, 0.5) is 4.39 Å². The lowest BCUT2D eigenvalue weighted by Crippen LogP contribution is -1.85. The largest absolute Gasteiger partial charge is 0.307 e. The molecule has 0 unspecified atom stereocenters. The number of halogens is 2. The third-order valence-corrected chi connectivity index (χ3v) is 2.06. The monoisotopic (exact) mass is 171 g/mol. The molecule has 11 heavy (non-hydrogen) atoms. The van der Waals surface area contributed by atoms with Gasteiger partial charge in [-0.05, 0) is 17.7 Å². The SMILES string of the molecule is Fc1cc([C@H]2CN2)ccc1Cl. The zero-order chi connectivity index (χ0) is 7.84. The maximum absolute atomic E-state index is 12.8. The van der Waals surface area contributed by atoms with E-state index in [2.05, 4.69) is 5.32 Å². The molecule has 0 bridgehead atoms. The normalized spacial score (nSPS) is 21.8. The lowest BCUT2D eigenvalue weighted by molar-refractivity contribution is 0.626. The first-order chi connectivity index (χ1) is 5.27. The van der Waals surface area contributed by atoms with Gasteiger partial charge in [-0.3, -0.25) is 0 Å². The van der Waals surface area contributed by atoms with Gasteiger partial charge in [0.25, 0.3) is 0 Å². The predicted molar refractivity (Wildman–Crippen MR) is 42.2 cm³/mol. The van der Waals surface area contributed by atoms with Crippen LogP contribution in [0.2, 0.25) is 5.02 Å². The van der Waals surface area contributed by atoms with Crippen LogP contribution in [0.25, 0.3) is 0 Å². The van der Waals surface area contributed by atoms with Gasteiger partial charge in [-0.2, -0.15) is 0 Å². The predicted octanol–water partition coefficient (Wildman–Crippen LogP) is 2.12. The van der Waals surface area contributed by atoms with Crippen LogP contribution in [0.15, 0.2) is 18.2 Å². The van der Waals surface area contributed by atoms with Gasteiger partial charge < -0.3 is 5.32 Å². The summed E-state index contributed by atoms with van der Waals surface area (Å²) in [6.45, 7) is 0.946. The highest BCUT2D eigenvalue weighted by Gasteiger charge is 2.22. The van der Waals surface area contributed by atoms with E-state index in [1.165, 1.54) is 6.07 Å². The van der Waals surface area contributed by atoms with E-state index in [1.54, 1.807) is 6.07 Å². The molecule has 1 N–H and O–H groups in total. The molecular formula is C8H7ClFN. The van der Waals surface area contributed by atoms with Crippen LogP contribution in [-0.2, 0) is 0 Å². The summed E-state index contributed by atoms with van der Waals surface area (Å²) in [7, 11) is 0. The number of hydrogen-bond donors (Lipinski definition) is 1. The van der Waals surface area contributed by atoms with Crippen molar-refractivity contribution in [1.29, 1.82) is 0 Å². The maximum Gasteiger partial charge on any atom is 0.142 e. The molecule has 0 aromatic heterocycles.